The van der Waals surface area contributed by atoms with Crippen LogP contribution in [0.15, 0.2) is 6.20 Å². The Hall–Kier alpha value is -1.69. The number of carbonyl (C=O) groups is 1. The van der Waals surface area contributed by atoms with E-state index in [0.717, 1.165) is 43.1 Å². The summed E-state index contributed by atoms with van der Waals surface area (Å²) in [4.78, 5) is 24.6. The molecule has 1 aromatic heterocycles. The summed E-state index contributed by atoms with van der Waals surface area (Å²) in [6.07, 6.45) is 9.76. The molecule has 0 aromatic carbocycles. The highest BCUT2D eigenvalue weighted by molar-refractivity contribution is 5.76. The molecule has 0 spiro atoms. The lowest BCUT2D eigenvalue weighted by Gasteiger charge is -2.38. The van der Waals surface area contributed by atoms with Crippen molar-refractivity contribution in [3.63, 3.8) is 0 Å². The van der Waals surface area contributed by atoms with E-state index in [4.69, 9.17) is 14.7 Å². The maximum atomic E-state index is 12.7. The van der Waals surface area contributed by atoms with Gasteiger partial charge in [0.2, 0.25) is 11.9 Å². The van der Waals surface area contributed by atoms with Crippen molar-refractivity contribution in [2.75, 3.05) is 18.0 Å². The summed E-state index contributed by atoms with van der Waals surface area (Å²) >= 11 is 0. The molecular weight excluding hydrogens is 364 g/mol. The van der Waals surface area contributed by atoms with Crippen LogP contribution in [0.25, 0.3) is 0 Å². The van der Waals surface area contributed by atoms with Gasteiger partial charge in [-0.2, -0.15) is 0 Å². The van der Waals surface area contributed by atoms with Gasteiger partial charge in [-0.05, 0) is 50.9 Å². The zero-order valence-electron chi connectivity index (χ0n) is 18.4. The van der Waals surface area contributed by atoms with E-state index in [1.54, 1.807) is 0 Å². The molecule has 1 amide bonds. The number of rotatable bonds is 4. The molecule has 4 rings (SSSR count). The predicted octanol–water partition coefficient (Wildman–Crippen LogP) is 3.80. The average molecular weight is 401 g/mol. The summed E-state index contributed by atoms with van der Waals surface area (Å²) in [7, 11) is 0. The first-order chi connectivity index (χ1) is 13.8. The highest BCUT2D eigenvalue weighted by Crippen LogP contribution is 2.40. The summed E-state index contributed by atoms with van der Waals surface area (Å²) in [6.45, 7) is 10.4. The molecule has 6 nitrogen and oxygen atoms in total. The lowest BCUT2D eigenvalue weighted by atomic mass is 9.74. The summed E-state index contributed by atoms with van der Waals surface area (Å²) < 4.78 is 5.85. The van der Waals surface area contributed by atoms with Crippen molar-refractivity contribution in [1.29, 1.82) is 0 Å². The Morgan fingerprint density at radius 3 is 2.62 bits per heavy atom. The molecule has 2 aliphatic carbocycles. The molecule has 2 fully saturated rings. The molecule has 6 heteroatoms. The number of morpholine rings is 1. The molecule has 1 aromatic rings. The van der Waals surface area contributed by atoms with Gasteiger partial charge in [0.1, 0.15) is 0 Å². The first-order valence-corrected chi connectivity index (χ1v) is 11.3. The maximum Gasteiger partial charge on any atom is 0.225 e. The van der Waals surface area contributed by atoms with Crippen LogP contribution < -0.4 is 10.2 Å². The molecule has 29 heavy (non-hydrogen) atoms. The van der Waals surface area contributed by atoms with Crippen molar-refractivity contribution in [1.82, 2.24) is 15.3 Å². The molecule has 160 valence electrons. The fourth-order valence-corrected chi connectivity index (χ4v) is 5.39. The quantitative estimate of drug-likeness (QED) is 0.833. The second kappa shape index (κ2) is 8.21. The van der Waals surface area contributed by atoms with Gasteiger partial charge in [0.15, 0.2) is 0 Å². The summed E-state index contributed by atoms with van der Waals surface area (Å²) in [5.74, 6) is 1.54. The maximum absolute atomic E-state index is 12.7. The smallest absolute Gasteiger partial charge is 0.225 e. The number of fused-ring (bicyclic) bond motifs is 1. The van der Waals surface area contributed by atoms with Crippen molar-refractivity contribution >= 4 is 11.9 Å². The van der Waals surface area contributed by atoms with Crippen molar-refractivity contribution < 1.29 is 9.53 Å². The van der Waals surface area contributed by atoms with Crippen molar-refractivity contribution in [2.45, 2.75) is 90.9 Å². The number of carbonyl (C=O) groups excluding carboxylic acids is 1. The number of amides is 1. The van der Waals surface area contributed by atoms with Gasteiger partial charge in [-0.25, -0.2) is 9.97 Å². The zero-order valence-corrected chi connectivity index (χ0v) is 18.4. The standard InChI is InChI=1S/C23H36N4O2/c1-15-13-27(14-16(2)29-15)22-24-12-18-19(10-23(3,4)11-20(18)26-22)25-21(28)9-17-7-5-6-8-17/h12,15-17,19H,5-11,13-14H2,1-4H3,(H,25,28)/t15-,16-,19+/m1/s1. The van der Waals surface area contributed by atoms with E-state index in [0.29, 0.717) is 12.3 Å². The van der Waals surface area contributed by atoms with Crippen LogP contribution in [0.2, 0.25) is 0 Å². The van der Waals surface area contributed by atoms with E-state index < -0.39 is 0 Å². The van der Waals surface area contributed by atoms with Crippen LogP contribution in [0.4, 0.5) is 5.95 Å². The van der Waals surface area contributed by atoms with E-state index in [-0.39, 0.29) is 29.6 Å². The second-order valence-corrected chi connectivity index (χ2v) is 10.3. The molecule has 0 bridgehead atoms. The third-order valence-corrected chi connectivity index (χ3v) is 6.65. The van der Waals surface area contributed by atoms with Crippen LogP contribution >= 0.6 is 0 Å². The van der Waals surface area contributed by atoms with E-state index >= 15 is 0 Å². The molecule has 0 unspecified atom stereocenters. The van der Waals surface area contributed by atoms with Crippen molar-refractivity contribution in [2.24, 2.45) is 11.3 Å². The van der Waals surface area contributed by atoms with E-state index in [9.17, 15) is 4.79 Å². The van der Waals surface area contributed by atoms with Crippen LogP contribution in [0.1, 0.15) is 83.5 Å². The number of hydrogen-bond acceptors (Lipinski definition) is 5. The molecule has 1 aliphatic heterocycles. The Morgan fingerprint density at radius 1 is 1.24 bits per heavy atom. The van der Waals surface area contributed by atoms with Gasteiger partial charge >= 0.3 is 0 Å². The van der Waals surface area contributed by atoms with Gasteiger partial charge in [-0.3, -0.25) is 4.79 Å². The number of nitrogens with zero attached hydrogens (tertiary/aromatic N) is 3. The Balaban J connectivity index is 1.51. The van der Waals surface area contributed by atoms with Crippen molar-refractivity contribution in [3.8, 4) is 0 Å². The van der Waals surface area contributed by atoms with Crippen LogP contribution in [0.3, 0.4) is 0 Å². The molecule has 3 aliphatic rings. The topological polar surface area (TPSA) is 67.4 Å². The second-order valence-electron chi connectivity index (χ2n) is 10.3. The molecule has 1 saturated heterocycles. The summed E-state index contributed by atoms with van der Waals surface area (Å²) in [6, 6.07) is 0.0132. The van der Waals surface area contributed by atoms with Gasteiger partial charge in [0.25, 0.3) is 0 Å². The Kier molecular flexibility index (Phi) is 5.83. The SMILES string of the molecule is C[C@@H]1CN(c2ncc3c(n2)CC(C)(C)C[C@@H]3NC(=O)CC2CCCC2)C[C@@H](C)O1. The molecule has 0 radical (unpaired) electrons. The van der Waals surface area contributed by atoms with Crippen molar-refractivity contribution in [3.05, 3.63) is 17.5 Å². The third kappa shape index (κ3) is 4.90. The number of aromatic nitrogens is 2. The van der Waals surface area contributed by atoms with E-state index in [1.165, 1.54) is 25.7 Å². The van der Waals surface area contributed by atoms with E-state index in [1.807, 2.05) is 6.20 Å². The van der Waals surface area contributed by atoms with Crippen LogP contribution in [-0.4, -0.2) is 41.2 Å². The Bertz CT molecular complexity index is 734. The lowest BCUT2D eigenvalue weighted by Crippen LogP contribution is -2.46. The monoisotopic (exact) mass is 400 g/mol. The molecule has 2 heterocycles. The normalized spacial score (nSPS) is 29.5. The minimum Gasteiger partial charge on any atom is -0.372 e. The molecule has 1 N–H and O–H groups in total. The summed E-state index contributed by atoms with van der Waals surface area (Å²) in [5.41, 5.74) is 2.29. The minimum atomic E-state index is 0.0132. The first kappa shape index (κ1) is 20.6. The van der Waals surface area contributed by atoms with Crippen LogP contribution in [0, 0.1) is 11.3 Å². The van der Waals surface area contributed by atoms with Gasteiger partial charge < -0.3 is 15.0 Å². The van der Waals surface area contributed by atoms with Gasteiger partial charge in [0.05, 0.1) is 23.9 Å². The average Bonchev–Trinajstić information content (AvgIpc) is 3.12. The van der Waals surface area contributed by atoms with Gasteiger partial charge in [0, 0.05) is 31.3 Å². The highest BCUT2D eigenvalue weighted by Gasteiger charge is 2.35. The molecule has 3 atom stereocenters. The Labute approximate surface area is 174 Å². The fourth-order valence-electron chi connectivity index (χ4n) is 5.39. The lowest BCUT2D eigenvalue weighted by molar-refractivity contribution is -0.123. The number of nitrogens with one attached hydrogen (secondary N) is 1. The summed E-state index contributed by atoms with van der Waals surface area (Å²) in [5, 5.41) is 3.32. The number of anilines is 1. The zero-order chi connectivity index (χ0) is 20.6. The first-order valence-electron chi connectivity index (χ1n) is 11.3. The molecule has 1 saturated carbocycles. The van der Waals surface area contributed by atoms with E-state index in [2.05, 4.69) is 37.9 Å². The number of ether oxygens (including phenoxy) is 1. The third-order valence-electron chi connectivity index (χ3n) is 6.65. The Morgan fingerprint density at radius 2 is 1.93 bits per heavy atom. The highest BCUT2D eigenvalue weighted by atomic mass is 16.5. The largest absolute Gasteiger partial charge is 0.372 e. The van der Waals surface area contributed by atoms with Crippen LogP contribution in [0.5, 0.6) is 0 Å². The molecular formula is C23H36N4O2. The number of hydrogen-bond donors (Lipinski definition) is 1. The predicted molar refractivity (Wildman–Crippen MR) is 114 cm³/mol. The van der Waals surface area contributed by atoms with Gasteiger partial charge in [-0.1, -0.05) is 26.7 Å². The van der Waals surface area contributed by atoms with Crippen LogP contribution in [-0.2, 0) is 16.0 Å². The minimum absolute atomic E-state index is 0.0132. The van der Waals surface area contributed by atoms with Gasteiger partial charge in [-0.15, -0.1) is 0 Å². The fraction of sp³-hybridized carbons (Fsp3) is 0.783.